The van der Waals surface area contributed by atoms with E-state index >= 15 is 0 Å². The Kier molecular flexibility index (Phi) is 2.15. The molecular weight excluding hydrogens is 192 g/mol. The Labute approximate surface area is 90.1 Å². The molecule has 2 spiro atoms. The van der Waals surface area contributed by atoms with E-state index in [1.165, 1.54) is 6.42 Å². The summed E-state index contributed by atoms with van der Waals surface area (Å²) in [7, 11) is 0. The predicted molar refractivity (Wildman–Crippen MR) is 54.7 cm³/mol. The highest BCUT2D eigenvalue weighted by Gasteiger charge is 2.63. The molecule has 0 N–H and O–H groups in total. The van der Waals surface area contributed by atoms with Gasteiger partial charge in [-0.3, -0.25) is 4.79 Å². The van der Waals surface area contributed by atoms with Crippen molar-refractivity contribution in [3.8, 4) is 0 Å². The van der Waals surface area contributed by atoms with Crippen LogP contribution in [0, 0.1) is 0 Å². The molecule has 0 amide bonds. The predicted octanol–water partition coefficient (Wildman–Crippen LogP) is 1.84. The van der Waals surface area contributed by atoms with Gasteiger partial charge in [0.2, 0.25) is 0 Å². The molecule has 3 aliphatic rings. The van der Waals surface area contributed by atoms with Gasteiger partial charge in [0.25, 0.3) is 0 Å². The fourth-order valence-electron chi connectivity index (χ4n) is 3.56. The summed E-state index contributed by atoms with van der Waals surface area (Å²) in [6.07, 6.45) is 6.75. The molecule has 0 bridgehead atoms. The molecule has 3 fully saturated rings. The zero-order valence-corrected chi connectivity index (χ0v) is 9.09. The molecule has 2 saturated heterocycles. The zero-order valence-electron chi connectivity index (χ0n) is 9.09. The molecule has 84 valence electrons. The first kappa shape index (κ1) is 9.79. The van der Waals surface area contributed by atoms with Crippen LogP contribution < -0.4 is 0 Å². The number of ketones is 1. The van der Waals surface area contributed by atoms with E-state index in [0.29, 0.717) is 12.2 Å². The van der Waals surface area contributed by atoms with Crippen molar-refractivity contribution in [3.05, 3.63) is 0 Å². The number of carbonyl (C=O) groups excluding carboxylic acids is 1. The van der Waals surface area contributed by atoms with Crippen LogP contribution in [0.25, 0.3) is 0 Å². The minimum absolute atomic E-state index is 0.251. The molecule has 2 atom stereocenters. The Hall–Kier alpha value is -0.410. The number of rotatable bonds is 0. The topological polar surface area (TPSA) is 35.5 Å². The molecule has 0 aromatic heterocycles. The van der Waals surface area contributed by atoms with Gasteiger partial charge in [0.05, 0.1) is 0 Å². The summed E-state index contributed by atoms with van der Waals surface area (Å²) in [5, 5.41) is 0. The second kappa shape index (κ2) is 3.29. The largest absolute Gasteiger partial charge is 0.371 e. The molecule has 0 radical (unpaired) electrons. The van der Waals surface area contributed by atoms with Crippen molar-refractivity contribution in [1.82, 2.24) is 0 Å². The summed E-state index contributed by atoms with van der Waals surface area (Å²) in [5.41, 5.74) is -0.799. The lowest BCUT2D eigenvalue weighted by molar-refractivity contribution is -0.192. The average molecular weight is 210 g/mol. The summed E-state index contributed by atoms with van der Waals surface area (Å²) in [5.74, 6) is 0.293. The van der Waals surface area contributed by atoms with E-state index in [-0.39, 0.29) is 5.60 Å². The molecular formula is C12H18O3. The summed E-state index contributed by atoms with van der Waals surface area (Å²) in [4.78, 5) is 12.1. The van der Waals surface area contributed by atoms with Crippen molar-refractivity contribution in [3.63, 3.8) is 0 Å². The van der Waals surface area contributed by atoms with Gasteiger partial charge in [0.15, 0.2) is 11.4 Å². The van der Waals surface area contributed by atoms with Crippen LogP contribution >= 0.6 is 0 Å². The standard InChI is InChI=1S/C12H18O3/c13-10-4-7-11(5-1-2-8-14-11)12(10)6-3-9-15-12/h1-9H2/t11-,12+/m0/s1. The lowest BCUT2D eigenvalue weighted by atomic mass is 9.78. The van der Waals surface area contributed by atoms with Crippen LogP contribution in [0.15, 0.2) is 0 Å². The van der Waals surface area contributed by atoms with Gasteiger partial charge in [0, 0.05) is 19.6 Å². The minimum atomic E-state index is -0.548. The van der Waals surface area contributed by atoms with Crippen LogP contribution in [0.1, 0.15) is 44.9 Å². The highest BCUT2D eigenvalue weighted by atomic mass is 16.6. The van der Waals surface area contributed by atoms with Gasteiger partial charge in [0.1, 0.15) is 5.60 Å². The van der Waals surface area contributed by atoms with Crippen LogP contribution in [0.4, 0.5) is 0 Å². The highest BCUT2D eigenvalue weighted by molar-refractivity contribution is 5.92. The number of carbonyl (C=O) groups is 1. The summed E-state index contributed by atoms with van der Waals surface area (Å²) in [6, 6.07) is 0. The number of fused-ring (bicyclic) bond motifs is 1. The maximum Gasteiger partial charge on any atom is 0.167 e. The zero-order chi connectivity index (χ0) is 10.4. The van der Waals surface area contributed by atoms with E-state index in [1.54, 1.807) is 0 Å². The molecule has 2 aliphatic heterocycles. The molecule has 3 heteroatoms. The SMILES string of the molecule is O=C1CC[C@@]2(CCCCO2)[C@@]12CCCO2. The maximum atomic E-state index is 12.1. The molecule has 3 nitrogen and oxygen atoms in total. The van der Waals surface area contributed by atoms with E-state index in [2.05, 4.69) is 0 Å². The lowest BCUT2D eigenvalue weighted by Crippen LogP contribution is -2.56. The van der Waals surface area contributed by atoms with E-state index in [4.69, 9.17) is 9.47 Å². The second-order valence-corrected chi connectivity index (χ2v) is 5.00. The lowest BCUT2D eigenvalue weighted by Gasteiger charge is -2.43. The quantitative estimate of drug-likeness (QED) is 0.612. The Balaban J connectivity index is 1.96. The fourth-order valence-corrected chi connectivity index (χ4v) is 3.56. The fraction of sp³-hybridized carbons (Fsp3) is 0.917. The third-order valence-electron chi connectivity index (χ3n) is 4.32. The van der Waals surface area contributed by atoms with Crippen molar-refractivity contribution < 1.29 is 14.3 Å². The van der Waals surface area contributed by atoms with E-state index in [0.717, 1.165) is 45.3 Å². The first-order chi connectivity index (χ1) is 7.29. The van der Waals surface area contributed by atoms with Gasteiger partial charge < -0.3 is 9.47 Å². The van der Waals surface area contributed by atoms with E-state index < -0.39 is 5.60 Å². The van der Waals surface area contributed by atoms with Gasteiger partial charge >= 0.3 is 0 Å². The van der Waals surface area contributed by atoms with Crippen LogP contribution in [-0.2, 0) is 14.3 Å². The molecule has 2 heterocycles. The first-order valence-electron chi connectivity index (χ1n) is 6.10. The maximum absolute atomic E-state index is 12.1. The molecule has 0 aromatic carbocycles. The van der Waals surface area contributed by atoms with Gasteiger partial charge in [-0.2, -0.15) is 0 Å². The normalized spacial score (nSPS) is 45.7. The highest BCUT2D eigenvalue weighted by Crippen LogP contribution is 2.51. The number of hydrogen-bond acceptors (Lipinski definition) is 3. The molecule has 1 saturated carbocycles. The molecule has 0 aromatic rings. The second-order valence-electron chi connectivity index (χ2n) is 5.00. The molecule has 3 rings (SSSR count). The molecule has 1 aliphatic carbocycles. The molecule has 15 heavy (non-hydrogen) atoms. The Bertz CT molecular complexity index is 273. The van der Waals surface area contributed by atoms with Crippen LogP contribution in [0.5, 0.6) is 0 Å². The van der Waals surface area contributed by atoms with E-state index in [1.807, 2.05) is 0 Å². The van der Waals surface area contributed by atoms with Crippen LogP contribution in [0.3, 0.4) is 0 Å². The third kappa shape index (κ3) is 1.16. The van der Waals surface area contributed by atoms with Gasteiger partial charge in [-0.1, -0.05) is 0 Å². The Morgan fingerprint density at radius 3 is 2.47 bits per heavy atom. The summed E-state index contributed by atoms with van der Waals surface area (Å²) >= 11 is 0. The van der Waals surface area contributed by atoms with Crippen molar-refractivity contribution in [2.45, 2.75) is 56.1 Å². The summed E-state index contributed by atoms with van der Waals surface area (Å²) < 4.78 is 11.8. The summed E-state index contributed by atoms with van der Waals surface area (Å²) in [6.45, 7) is 1.54. The van der Waals surface area contributed by atoms with Crippen molar-refractivity contribution >= 4 is 5.78 Å². The Morgan fingerprint density at radius 2 is 1.80 bits per heavy atom. The number of hydrogen-bond donors (Lipinski definition) is 0. The van der Waals surface area contributed by atoms with Crippen LogP contribution in [0.2, 0.25) is 0 Å². The monoisotopic (exact) mass is 210 g/mol. The van der Waals surface area contributed by atoms with E-state index in [9.17, 15) is 4.79 Å². The van der Waals surface area contributed by atoms with Crippen molar-refractivity contribution in [1.29, 1.82) is 0 Å². The minimum Gasteiger partial charge on any atom is -0.371 e. The first-order valence-corrected chi connectivity index (χ1v) is 6.10. The molecule has 0 unspecified atom stereocenters. The van der Waals surface area contributed by atoms with Gasteiger partial charge in [-0.25, -0.2) is 0 Å². The Morgan fingerprint density at radius 1 is 0.933 bits per heavy atom. The average Bonchev–Trinajstić information content (AvgIpc) is 2.85. The third-order valence-corrected chi connectivity index (χ3v) is 4.32. The van der Waals surface area contributed by atoms with Gasteiger partial charge in [-0.15, -0.1) is 0 Å². The van der Waals surface area contributed by atoms with Crippen molar-refractivity contribution in [2.75, 3.05) is 13.2 Å². The van der Waals surface area contributed by atoms with Crippen LogP contribution in [-0.4, -0.2) is 30.2 Å². The number of Topliss-reactive ketones (excluding diaryl/α,β-unsaturated/α-hetero) is 1. The van der Waals surface area contributed by atoms with Crippen molar-refractivity contribution in [2.24, 2.45) is 0 Å². The van der Waals surface area contributed by atoms with Gasteiger partial charge in [-0.05, 0) is 38.5 Å². The smallest absolute Gasteiger partial charge is 0.167 e. The number of ether oxygens (including phenoxy) is 2.